The Kier molecular flexibility index (Phi) is 5.85. The first-order valence-corrected chi connectivity index (χ1v) is 6.35. The van der Waals surface area contributed by atoms with Crippen molar-refractivity contribution >= 4 is 11.8 Å². The van der Waals surface area contributed by atoms with E-state index in [1.165, 1.54) is 0 Å². The molecule has 5 heteroatoms. The number of hydrogen-bond acceptors (Lipinski definition) is 3. The van der Waals surface area contributed by atoms with Gasteiger partial charge in [-0.1, -0.05) is 13.3 Å². The quantitative estimate of drug-likeness (QED) is 0.782. The standard InChI is InChI=1S/C14H20N2O3/c1-3-4-10(2)16-13(17)9-19-12-7-5-11(6-8-12)14(15)18/h5-8,10H,3-4,9H2,1-2H3,(H2,15,18)(H,16,17)/t10-/m1/s1. The molecular formula is C14H20N2O3. The van der Waals surface area contributed by atoms with Gasteiger partial charge < -0.3 is 15.8 Å². The normalized spacial score (nSPS) is 11.7. The van der Waals surface area contributed by atoms with E-state index in [2.05, 4.69) is 12.2 Å². The lowest BCUT2D eigenvalue weighted by Crippen LogP contribution is -2.35. The molecular weight excluding hydrogens is 244 g/mol. The van der Waals surface area contributed by atoms with Crippen LogP contribution in [0, 0.1) is 0 Å². The molecule has 1 aromatic rings. The van der Waals surface area contributed by atoms with Crippen molar-refractivity contribution in [3.63, 3.8) is 0 Å². The average molecular weight is 264 g/mol. The van der Waals surface area contributed by atoms with Gasteiger partial charge in [-0.25, -0.2) is 0 Å². The predicted molar refractivity (Wildman–Crippen MR) is 73.0 cm³/mol. The summed E-state index contributed by atoms with van der Waals surface area (Å²) in [6, 6.07) is 6.51. The number of hydrogen-bond donors (Lipinski definition) is 2. The Bertz CT molecular complexity index is 429. The number of amides is 2. The molecule has 2 amide bonds. The van der Waals surface area contributed by atoms with Crippen molar-refractivity contribution in [2.24, 2.45) is 5.73 Å². The van der Waals surface area contributed by atoms with Gasteiger partial charge in [-0.15, -0.1) is 0 Å². The van der Waals surface area contributed by atoms with Crippen molar-refractivity contribution in [2.45, 2.75) is 32.7 Å². The summed E-state index contributed by atoms with van der Waals surface area (Å²) in [4.78, 5) is 22.4. The van der Waals surface area contributed by atoms with E-state index >= 15 is 0 Å². The third-order valence-corrected chi connectivity index (χ3v) is 2.64. The second-order valence-corrected chi connectivity index (χ2v) is 4.43. The maximum absolute atomic E-state index is 11.6. The molecule has 0 saturated carbocycles. The van der Waals surface area contributed by atoms with Crippen LogP contribution in [0.5, 0.6) is 5.75 Å². The predicted octanol–water partition coefficient (Wildman–Crippen LogP) is 1.47. The van der Waals surface area contributed by atoms with Gasteiger partial charge in [0.25, 0.3) is 5.91 Å². The Hall–Kier alpha value is -2.04. The number of nitrogens with two attached hydrogens (primary N) is 1. The fourth-order valence-electron chi connectivity index (χ4n) is 1.69. The van der Waals surface area contributed by atoms with Gasteiger partial charge in [-0.05, 0) is 37.6 Å². The SMILES string of the molecule is CCC[C@@H](C)NC(=O)COc1ccc(C(N)=O)cc1. The highest BCUT2D eigenvalue weighted by atomic mass is 16.5. The van der Waals surface area contributed by atoms with Gasteiger partial charge >= 0.3 is 0 Å². The minimum absolute atomic E-state index is 0.0377. The van der Waals surface area contributed by atoms with Crippen molar-refractivity contribution in [3.8, 4) is 5.75 Å². The third kappa shape index (κ3) is 5.42. The Labute approximate surface area is 113 Å². The maximum atomic E-state index is 11.6. The summed E-state index contributed by atoms with van der Waals surface area (Å²) in [5.74, 6) is -0.110. The molecule has 0 saturated heterocycles. The lowest BCUT2D eigenvalue weighted by molar-refractivity contribution is -0.123. The smallest absolute Gasteiger partial charge is 0.258 e. The molecule has 0 aliphatic rings. The number of rotatable bonds is 7. The molecule has 0 spiro atoms. The largest absolute Gasteiger partial charge is 0.484 e. The van der Waals surface area contributed by atoms with Crippen LogP contribution < -0.4 is 15.8 Å². The first-order chi connectivity index (χ1) is 9.02. The number of primary amides is 1. The molecule has 1 aromatic carbocycles. The molecule has 0 radical (unpaired) electrons. The van der Waals surface area contributed by atoms with E-state index in [0.29, 0.717) is 11.3 Å². The van der Waals surface area contributed by atoms with E-state index in [-0.39, 0.29) is 18.6 Å². The van der Waals surface area contributed by atoms with Crippen LogP contribution >= 0.6 is 0 Å². The number of nitrogens with one attached hydrogen (secondary N) is 1. The topological polar surface area (TPSA) is 81.4 Å². The molecule has 1 atom stereocenters. The molecule has 0 bridgehead atoms. The summed E-state index contributed by atoms with van der Waals surface area (Å²) in [6.07, 6.45) is 1.97. The van der Waals surface area contributed by atoms with E-state index in [1.54, 1.807) is 24.3 Å². The van der Waals surface area contributed by atoms with E-state index in [4.69, 9.17) is 10.5 Å². The lowest BCUT2D eigenvalue weighted by atomic mass is 10.2. The van der Waals surface area contributed by atoms with Crippen molar-refractivity contribution in [3.05, 3.63) is 29.8 Å². The van der Waals surface area contributed by atoms with E-state index in [0.717, 1.165) is 12.8 Å². The highest BCUT2D eigenvalue weighted by Crippen LogP contribution is 2.11. The lowest BCUT2D eigenvalue weighted by Gasteiger charge is -2.13. The molecule has 0 fully saturated rings. The van der Waals surface area contributed by atoms with Crippen LogP contribution in [0.4, 0.5) is 0 Å². The van der Waals surface area contributed by atoms with Crippen LogP contribution in [-0.2, 0) is 4.79 Å². The van der Waals surface area contributed by atoms with Crippen LogP contribution in [0.1, 0.15) is 37.0 Å². The molecule has 0 unspecified atom stereocenters. The van der Waals surface area contributed by atoms with Crippen molar-refractivity contribution in [1.29, 1.82) is 0 Å². The molecule has 0 heterocycles. The van der Waals surface area contributed by atoms with Gasteiger partial charge in [0.2, 0.25) is 5.91 Å². The van der Waals surface area contributed by atoms with Gasteiger partial charge in [-0.3, -0.25) is 9.59 Å². The van der Waals surface area contributed by atoms with E-state index in [1.807, 2.05) is 6.92 Å². The van der Waals surface area contributed by atoms with Gasteiger partial charge in [-0.2, -0.15) is 0 Å². The average Bonchev–Trinajstić information content (AvgIpc) is 2.37. The second-order valence-electron chi connectivity index (χ2n) is 4.43. The van der Waals surface area contributed by atoms with E-state index < -0.39 is 5.91 Å². The Morgan fingerprint density at radius 3 is 2.47 bits per heavy atom. The van der Waals surface area contributed by atoms with E-state index in [9.17, 15) is 9.59 Å². The summed E-state index contributed by atoms with van der Waals surface area (Å²) >= 11 is 0. The summed E-state index contributed by atoms with van der Waals surface area (Å²) in [7, 11) is 0. The number of ether oxygens (including phenoxy) is 1. The van der Waals surface area contributed by atoms with Crippen molar-refractivity contribution in [1.82, 2.24) is 5.32 Å². The van der Waals surface area contributed by atoms with Gasteiger partial charge in [0.05, 0.1) is 0 Å². The summed E-state index contributed by atoms with van der Waals surface area (Å²) in [5, 5.41) is 2.84. The Morgan fingerprint density at radius 1 is 1.32 bits per heavy atom. The molecule has 0 aliphatic carbocycles. The Balaban J connectivity index is 2.39. The summed E-state index contributed by atoms with van der Waals surface area (Å²) < 4.78 is 5.32. The molecule has 3 N–H and O–H groups in total. The molecule has 19 heavy (non-hydrogen) atoms. The minimum atomic E-state index is -0.488. The zero-order valence-electron chi connectivity index (χ0n) is 11.3. The summed E-state index contributed by atoms with van der Waals surface area (Å²) in [6.45, 7) is 3.99. The number of carbonyl (C=O) groups excluding carboxylic acids is 2. The Morgan fingerprint density at radius 2 is 1.95 bits per heavy atom. The monoisotopic (exact) mass is 264 g/mol. The van der Waals surface area contributed by atoms with Crippen LogP contribution in [0.25, 0.3) is 0 Å². The van der Waals surface area contributed by atoms with Crippen LogP contribution in [-0.4, -0.2) is 24.5 Å². The van der Waals surface area contributed by atoms with Crippen LogP contribution in [0.15, 0.2) is 24.3 Å². The minimum Gasteiger partial charge on any atom is -0.484 e. The number of benzene rings is 1. The second kappa shape index (κ2) is 7.41. The van der Waals surface area contributed by atoms with Crippen LogP contribution in [0.2, 0.25) is 0 Å². The first kappa shape index (κ1) is 15.0. The zero-order chi connectivity index (χ0) is 14.3. The molecule has 1 rings (SSSR count). The van der Waals surface area contributed by atoms with Crippen LogP contribution in [0.3, 0.4) is 0 Å². The van der Waals surface area contributed by atoms with Crippen molar-refractivity contribution in [2.75, 3.05) is 6.61 Å². The third-order valence-electron chi connectivity index (χ3n) is 2.64. The highest BCUT2D eigenvalue weighted by Gasteiger charge is 2.07. The fraction of sp³-hybridized carbons (Fsp3) is 0.429. The number of carbonyl (C=O) groups is 2. The maximum Gasteiger partial charge on any atom is 0.258 e. The van der Waals surface area contributed by atoms with Crippen molar-refractivity contribution < 1.29 is 14.3 Å². The molecule has 5 nitrogen and oxygen atoms in total. The highest BCUT2D eigenvalue weighted by molar-refractivity contribution is 5.92. The summed E-state index contributed by atoms with van der Waals surface area (Å²) in [5.41, 5.74) is 5.54. The van der Waals surface area contributed by atoms with Gasteiger partial charge in [0.1, 0.15) is 5.75 Å². The molecule has 0 aliphatic heterocycles. The molecule has 104 valence electrons. The zero-order valence-corrected chi connectivity index (χ0v) is 11.3. The molecule has 0 aromatic heterocycles. The first-order valence-electron chi connectivity index (χ1n) is 6.35. The van der Waals surface area contributed by atoms with Gasteiger partial charge in [0.15, 0.2) is 6.61 Å². The van der Waals surface area contributed by atoms with Gasteiger partial charge in [0, 0.05) is 11.6 Å². The fourth-order valence-corrected chi connectivity index (χ4v) is 1.69.